The molecule has 1 N–H and O–H groups in total. The molecule has 0 aliphatic heterocycles. The minimum atomic E-state index is -0.221. The maximum absolute atomic E-state index is 12.1. The minimum absolute atomic E-state index is 0.0578. The van der Waals surface area contributed by atoms with Crippen LogP contribution < -0.4 is 10.9 Å². The summed E-state index contributed by atoms with van der Waals surface area (Å²) >= 11 is 1.36. The summed E-state index contributed by atoms with van der Waals surface area (Å²) in [6, 6.07) is 1.84. The van der Waals surface area contributed by atoms with Gasteiger partial charge in [-0.25, -0.2) is 4.68 Å². The predicted octanol–water partition coefficient (Wildman–Crippen LogP) is 1.39. The summed E-state index contributed by atoms with van der Waals surface area (Å²) in [6.45, 7) is 5.02. The third-order valence-electron chi connectivity index (χ3n) is 2.85. The number of ether oxygens (including phenoxy) is 1. The molecule has 0 atom stereocenters. The molecule has 0 radical (unpaired) electrons. The molecular formula is C14H19N3O3S. The first-order valence-corrected chi connectivity index (χ1v) is 7.77. The fourth-order valence-corrected chi connectivity index (χ4v) is 2.63. The standard InChI is InChI=1S/C14H19N3O3S/c1-10(2)20-6-3-5-15-12(18)9-17-14(19)13-11(8-16-17)4-7-21-13/h4,7-8,10H,3,5-6,9H2,1-2H3,(H,15,18). The number of nitrogens with one attached hydrogen (secondary N) is 1. The SMILES string of the molecule is CC(C)OCCCNC(=O)Cn1ncc2ccsc2c1=O. The molecule has 0 bridgehead atoms. The molecule has 2 aromatic heterocycles. The van der Waals surface area contributed by atoms with Gasteiger partial charge in [-0.1, -0.05) is 0 Å². The minimum Gasteiger partial charge on any atom is -0.379 e. The molecule has 2 aromatic rings. The Kier molecular flexibility index (Phi) is 5.46. The first-order chi connectivity index (χ1) is 10.1. The lowest BCUT2D eigenvalue weighted by Gasteiger charge is -2.08. The molecule has 2 heterocycles. The van der Waals surface area contributed by atoms with E-state index in [0.29, 0.717) is 17.9 Å². The average Bonchev–Trinajstić information content (AvgIpc) is 2.90. The zero-order valence-corrected chi connectivity index (χ0v) is 13.0. The van der Waals surface area contributed by atoms with Crippen molar-refractivity contribution >= 4 is 27.3 Å². The van der Waals surface area contributed by atoms with Gasteiger partial charge in [0.2, 0.25) is 5.91 Å². The van der Waals surface area contributed by atoms with Gasteiger partial charge in [-0.2, -0.15) is 5.10 Å². The monoisotopic (exact) mass is 309 g/mol. The lowest BCUT2D eigenvalue weighted by molar-refractivity contribution is -0.121. The van der Waals surface area contributed by atoms with Gasteiger partial charge in [0.15, 0.2) is 0 Å². The van der Waals surface area contributed by atoms with E-state index in [-0.39, 0.29) is 24.1 Å². The lowest BCUT2D eigenvalue weighted by Crippen LogP contribution is -2.34. The Morgan fingerprint density at radius 3 is 3.10 bits per heavy atom. The Morgan fingerprint density at radius 1 is 1.52 bits per heavy atom. The first-order valence-electron chi connectivity index (χ1n) is 6.89. The third kappa shape index (κ3) is 4.37. The van der Waals surface area contributed by atoms with E-state index in [4.69, 9.17) is 4.74 Å². The second-order valence-corrected chi connectivity index (χ2v) is 5.85. The molecular weight excluding hydrogens is 290 g/mol. The Bertz CT molecular complexity index is 663. The molecule has 0 aliphatic rings. The summed E-state index contributed by atoms with van der Waals surface area (Å²) < 4.78 is 7.20. The molecule has 1 amide bonds. The van der Waals surface area contributed by atoms with E-state index in [9.17, 15) is 9.59 Å². The van der Waals surface area contributed by atoms with Gasteiger partial charge in [0.05, 0.1) is 12.3 Å². The van der Waals surface area contributed by atoms with Crippen LogP contribution >= 0.6 is 11.3 Å². The van der Waals surface area contributed by atoms with Gasteiger partial charge in [-0.15, -0.1) is 11.3 Å². The van der Waals surface area contributed by atoms with E-state index >= 15 is 0 Å². The van der Waals surface area contributed by atoms with Crippen LogP contribution in [0.3, 0.4) is 0 Å². The van der Waals surface area contributed by atoms with Crippen molar-refractivity contribution in [2.24, 2.45) is 0 Å². The quantitative estimate of drug-likeness (QED) is 0.784. The van der Waals surface area contributed by atoms with Crippen LogP contribution in [0.4, 0.5) is 0 Å². The number of amides is 1. The van der Waals surface area contributed by atoms with Gasteiger partial charge in [0.1, 0.15) is 11.2 Å². The highest BCUT2D eigenvalue weighted by Gasteiger charge is 2.08. The molecule has 6 nitrogen and oxygen atoms in total. The topological polar surface area (TPSA) is 73.2 Å². The highest BCUT2D eigenvalue weighted by atomic mass is 32.1. The maximum Gasteiger partial charge on any atom is 0.285 e. The fourth-order valence-electron chi connectivity index (χ4n) is 1.82. The Labute approximate surface area is 126 Å². The zero-order valence-electron chi connectivity index (χ0n) is 12.2. The van der Waals surface area contributed by atoms with Crippen molar-refractivity contribution in [3.63, 3.8) is 0 Å². The summed E-state index contributed by atoms with van der Waals surface area (Å²) in [4.78, 5) is 23.9. The van der Waals surface area contributed by atoms with Gasteiger partial charge in [-0.05, 0) is 31.7 Å². The number of thiophene rings is 1. The van der Waals surface area contributed by atoms with Gasteiger partial charge < -0.3 is 10.1 Å². The zero-order chi connectivity index (χ0) is 15.2. The molecule has 0 saturated carbocycles. The number of hydrogen-bond donors (Lipinski definition) is 1. The number of aromatic nitrogens is 2. The molecule has 21 heavy (non-hydrogen) atoms. The van der Waals surface area contributed by atoms with Crippen molar-refractivity contribution in [3.05, 3.63) is 28.0 Å². The number of carbonyl (C=O) groups is 1. The Hall–Kier alpha value is -1.73. The smallest absolute Gasteiger partial charge is 0.285 e. The van der Waals surface area contributed by atoms with E-state index < -0.39 is 0 Å². The van der Waals surface area contributed by atoms with Gasteiger partial charge >= 0.3 is 0 Å². The molecule has 0 unspecified atom stereocenters. The normalized spacial score (nSPS) is 11.2. The fraction of sp³-hybridized carbons (Fsp3) is 0.500. The Morgan fingerprint density at radius 2 is 2.33 bits per heavy atom. The number of hydrogen-bond acceptors (Lipinski definition) is 5. The maximum atomic E-state index is 12.1. The molecule has 114 valence electrons. The number of rotatable bonds is 7. The Balaban J connectivity index is 1.84. The van der Waals surface area contributed by atoms with Gasteiger partial charge in [0.25, 0.3) is 5.56 Å². The summed E-state index contributed by atoms with van der Waals surface area (Å²) in [5, 5.41) is 9.42. The van der Waals surface area contributed by atoms with Crippen LogP contribution in [-0.2, 0) is 16.1 Å². The van der Waals surface area contributed by atoms with Crippen molar-refractivity contribution in [1.82, 2.24) is 15.1 Å². The molecule has 0 spiro atoms. The summed E-state index contributed by atoms with van der Waals surface area (Å²) in [5.41, 5.74) is -0.221. The first kappa shape index (κ1) is 15.7. The summed E-state index contributed by atoms with van der Waals surface area (Å²) in [7, 11) is 0. The third-order valence-corrected chi connectivity index (χ3v) is 3.77. The van der Waals surface area contributed by atoms with E-state index in [1.165, 1.54) is 16.0 Å². The van der Waals surface area contributed by atoms with E-state index in [1.54, 1.807) is 6.20 Å². The van der Waals surface area contributed by atoms with Crippen molar-refractivity contribution in [1.29, 1.82) is 0 Å². The molecule has 0 fully saturated rings. The van der Waals surface area contributed by atoms with Crippen LogP contribution in [0, 0.1) is 0 Å². The number of carbonyl (C=O) groups excluding carboxylic acids is 1. The molecule has 2 rings (SSSR count). The second-order valence-electron chi connectivity index (χ2n) is 4.94. The number of nitrogens with zero attached hydrogens (tertiary/aromatic N) is 2. The van der Waals surface area contributed by atoms with E-state index in [0.717, 1.165) is 11.8 Å². The van der Waals surface area contributed by atoms with Crippen molar-refractivity contribution < 1.29 is 9.53 Å². The van der Waals surface area contributed by atoms with Gasteiger partial charge in [0, 0.05) is 18.5 Å². The second kappa shape index (κ2) is 7.33. The van der Waals surface area contributed by atoms with Crippen molar-refractivity contribution in [2.45, 2.75) is 32.9 Å². The van der Waals surface area contributed by atoms with Gasteiger partial charge in [-0.3, -0.25) is 9.59 Å². The highest BCUT2D eigenvalue weighted by molar-refractivity contribution is 7.17. The summed E-state index contributed by atoms with van der Waals surface area (Å²) in [5.74, 6) is -0.218. The lowest BCUT2D eigenvalue weighted by atomic mass is 10.4. The van der Waals surface area contributed by atoms with Crippen LogP contribution in [0.15, 0.2) is 22.4 Å². The van der Waals surface area contributed by atoms with Crippen molar-refractivity contribution in [3.8, 4) is 0 Å². The molecule has 0 aliphatic carbocycles. The predicted molar refractivity (Wildman–Crippen MR) is 82.6 cm³/mol. The van der Waals surface area contributed by atoms with Crippen LogP contribution in [0.1, 0.15) is 20.3 Å². The highest BCUT2D eigenvalue weighted by Crippen LogP contribution is 2.14. The molecule has 0 saturated heterocycles. The molecule has 0 aromatic carbocycles. The van der Waals surface area contributed by atoms with Crippen LogP contribution in [0.25, 0.3) is 10.1 Å². The molecule has 7 heteroatoms. The van der Waals surface area contributed by atoms with Crippen LogP contribution in [0.2, 0.25) is 0 Å². The number of fused-ring (bicyclic) bond motifs is 1. The largest absolute Gasteiger partial charge is 0.379 e. The summed E-state index contributed by atoms with van der Waals surface area (Å²) in [6.07, 6.45) is 2.55. The average molecular weight is 309 g/mol. The van der Waals surface area contributed by atoms with Crippen molar-refractivity contribution in [2.75, 3.05) is 13.2 Å². The van der Waals surface area contributed by atoms with Crippen LogP contribution in [0.5, 0.6) is 0 Å². The van der Waals surface area contributed by atoms with E-state index in [1.807, 2.05) is 25.3 Å². The van der Waals surface area contributed by atoms with Crippen LogP contribution in [-0.4, -0.2) is 34.9 Å². The van der Waals surface area contributed by atoms with E-state index in [2.05, 4.69) is 10.4 Å².